The minimum atomic E-state index is -1.28. The summed E-state index contributed by atoms with van der Waals surface area (Å²) in [5, 5.41) is 23.9. The highest BCUT2D eigenvalue weighted by Gasteiger charge is 2.29. The summed E-state index contributed by atoms with van der Waals surface area (Å²) in [5.74, 6) is -4.85. The van der Waals surface area contributed by atoms with Gasteiger partial charge in [-0.15, -0.1) is 11.8 Å². The number of rotatable bonds is 5. The van der Waals surface area contributed by atoms with E-state index in [2.05, 4.69) is 31.9 Å². The Labute approximate surface area is 262 Å². The highest BCUT2D eigenvalue weighted by molar-refractivity contribution is 8.00. The summed E-state index contributed by atoms with van der Waals surface area (Å²) in [5.41, 5.74) is 6.72. The molecule has 1 saturated heterocycles. The van der Waals surface area contributed by atoms with Gasteiger partial charge in [0.2, 0.25) is 29.5 Å². The standard InChI is InChI=1S/C29H35N7O8S/c1-16-26(41)34-21(12-18-7-9-19(37)10-8-18)28(43)36-29(44)31-13-23(38)33-20(11-17-5-3-2-4-6-17)27(42)35-22(25(30)40)14-45-15-24(39)32-16/h2-10,16,20-22,37H,11-15H2,1H3,(H2,30,40)(H,32,39)(H,33,38)(H,34,41)(H,35,42)(H2,31,36,43,44)/t16-,20+,21+,22-/m0/s1. The molecule has 8 amide bonds. The first-order valence-electron chi connectivity index (χ1n) is 13.9. The quantitative estimate of drug-likeness (QED) is 0.183. The van der Waals surface area contributed by atoms with Crippen LogP contribution in [0.4, 0.5) is 4.79 Å². The van der Waals surface area contributed by atoms with Crippen LogP contribution in [-0.4, -0.2) is 88.8 Å². The van der Waals surface area contributed by atoms with Crippen LogP contribution in [0.3, 0.4) is 0 Å². The Balaban J connectivity index is 1.82. The molecular weight excluding hydrogens is 606 g/mol. The van der Waals surface area contributed by atoms with Crippen LogP contribution in [0, 0.1) is 0 Å². The van der Waals surface area contributed by atoms with Gasteiger partial charge in [-0.3, -0.25) is 34.1 Å². The van der Waals surface area contributed by atoms with Crippen molar-refractivity contribution in [1.29, 1.82) is 0 Å². The van der Waals surface area contributed by atoms with Crippen molar-refractivity contribution >= 4 is 53.2 Å². The molecule has 2 aromatic carbocycles. The number of urea groups is 1. The maximum absolute atomic E-state index is 13.2. The Morgan fingerprint density at radius 1 is 0.800 bits per heavy atom. The monoisotopic (exact) mass is 641 g/mol. The molecule has 9 N–H and O–H groups in total. The first-order chi connectivity index (χ1) is 21.4. The van der Waals surface area contributed by atoms with E-state index in [4.69, 9.17) is 5.73 Å². The molecule has 4 atom stereocenters. The summed E-state index contributed by atoms with van der Waals surface area (Å²) in [7, 11) is 0. The average Bonchev–Trinajstić information content (AvgIpc) is 2.99. The number of benzene rings is 2. The molecule has 0 saturated carbocycles. The molecule has 240 valence electrons. The molecule has 1 heterocycles. The third-order valence-electron chi connectivity index (χ3n) is 6.54. The Hall–Kier alpha value is -5.12. The molecule has 1 fully saturated rings. The molecule has 0 aromatic heterocycles. The van der Waals surface area contributed by atoms with Gasteiger partial charge in [-0.05, 0) is 30.2 Å². The van der Waals surface area contributed by atoms with Crippen LogP contribution in [0.25, 0.3) is 0 Å². The van der Waals surface area contributed by atoms with Gasteiger partial charge in [0.25, 0.3) is 5.91 Å². The SMILES string of the molecule is C[C@@H]1NC(=O)CSC[C@@H](C(N)=O)NC(=O)[C@@H](Cc2ccccc2)NC(=O)CNC(=O)NC(=O)[C@@H](Cc2ccc(O)cc2)NC1=O. The number of thioether (sulfide) groups is 1. The van der Waals surface area contributed by atoms with Gasteiger partial charge in [0, 0.05) is 18.6 Å². The van der Waals surface area contributed by atoms with E-state index in [-0.39, 0.29) is 30.1 Å². The van der Waals surface area contributed by atoms with Gasteiger partial charge in [0.15, 0.2) is 0 Å². The second kappa shape index (κ2) is 16.7. The number of phenols is 1. The van der Waals surface area contributed by atoms with Crippen molar-refractivity contribution in [3.63, 3.8) is 0 Å². The van der Waals surface area contributed by atoms with Crippen molar-refractivity contribution in [3.8, 4) is 5.75 Å². The van der Waals surface area contributed by atoms with Crippen molar-refractivity contribution < 1.29 is 38.7 Å². The molecule has 1 aliphatic heterocycles. The molecule has 0 bridgehead atoms. The summed E-state index contributed by atoms with van der Waals surface area (Å²) in [4.78, 5) is 89.1. The summed E-state index contributed by atoms with van der Waals surface area (Å²) in [6, 6.07) is 8.80. The lowest BCUT2D eigenvalue weighted by atomic mass is 10.0. The lowest BCUT2D eigenvalue weighted by Crippen LogP contribution is -2.57. The molecule has 0 aliphatic carbocycles. The van der Waals surface area contributed by atoms with Gasteiger partial charge in [-0.2, -0.15) is 0 Å². The van der Waals surface area contributed by atoms with E-state index >= 15 is 0 Å². The number of nitrogens with two attached hydrogens (primary N) is 1. The summed E-state index contributed by atoms with van der Waals surface area (Å²) in [6.45, 7) is 0.773. The highest BCUT2D eigenvalue weighted by atomic mass is 32.2. The zero-order valence-electron chi connectivity index (χ0n) is 24.3. The van der Waals surface area contributed by atoms with Crippen LogP contribution in [0.15, 0.2) is 54.6 Å². The number of phenolic OH excluding ortho intramolecular Hbond substituents is 1. The number of hydrogen-bond donors (Lipinski definition) is 8. The fourth-order valence-corrected chi connectivity index (χ4v) is 5.04. The second-order valence-electron chi connectivity index (χ2n) is 10.2. The number of carbonyl (C=O) groups excluding carboxylic acids is 7. The number of carbonyl (C=O) groups is 7. The number of primary amides is 1. The minimum absolute atomic E-state index is 0.0130. The molecule has 15 nitrogen and oxygen atoms in total. The van der Waals surface area contributed by atoms with E-state index in [1.807, 2.05) is 0 Å². The Morgan fingerprint density at radius 3 is 2.07 bits per heavy atom. The smallest absolute Gasteiger partial charge is 0.321 e. The fraction of sp³-hybridized carbons (Fsp3) is 0.345. The van der Waals surface area contributed by atoms with E-state index in [0.717, 1.165) is 11.8 Å². The van der Waals surface area contributed by atoms with Crippen molar-refractivity contribution in [2.45, 2.75) is 43.9 Å². The predicted octanol–water partition coefficient (Wildman–Crippen LogP) is -1.81. The van der Waals surface area contributed by atoms with Gasteiger partial charge in [-0.1, -0.05) is 42.5 Å². The fourth-order valence-electron chi connectivity index (χ4n) is 4.17. The Kier molecular flexibility index (Phi) is 12.7. The zero-order chi connectivity index (χ0) is 32.9. The second-order valence-corrected chi connectivity index (χ2v) is 11.2. The Morgan fingerprint density at radius 2 is 1.42 bits per heavy atom. The van der Waals surface area contributed by atoms with Crippen LogP contribution in [-0.2, 0) is 41.6 Å². The minimum Gasteiger partial charge on any atom is -0.508 e. The molecule has 3 rings (SSSR count). The molecule has 16 heteroatoms. The number of imide groups is 1. The van der Waals surface area contributed by atoms with E-state index in [9.17, 15) is 38.7 Å². The molecule has 2 aromatic rings. The van der Waals surface area contributed by atoms with E-state index in [1.165, 1.54) is 31.2 Å². The van der Waals surface area contributed by atoms with Crippen molar-refractivity contribution in [3.05, 3.63) is 65.7 Å². The first-order valence-corrected chi connectivity index (χ1v) is 15.0. The van der Waals surface area contributed by atoms with Crippen LogP contribution >= 0.6 is 11.8 Å². The molecule has 1 aliphatic rings. The van der Waals surface area contributed by atoms with Gasteiger partial charge < -0.3 is 37.4 Å². The molecule has 0 radical (unpaired) electrons. The van der Waals surface area contributed by atoms with Gasteiger partial charge in [0.05, 0.1) is 12.3 Å². The number of nitrogens with one attached hydrogen (secondary N) is 6. The van der Waals surface area contributed by atoms with Crippen LogP contribution in [0.2, 0.25) is 0 Å². The normalized spacial score (nSPS) is 22.9. The maximum atomic E-state index is 13.2. The summed E-state index contributed by atoms with van der Waals surface area (Å²) < 4.78 is 0. The largest absolute Gasteiger partial charge is 0.508 e. The van der Waals surface area contributed by atoms with Gasteiger partial charge in [0.1, 0.15) is 29.9 Å². The Bertz CT molecular complexity index is 1410. The summed E-state index contributed by atoms with van der Waals surface area (Å²) >= 11 is 0.984. The van der Waals surface area contributed by atoms with Gasteiger partial charge >= 0.3 is 6.03 Å². The first kappa shape index (κ1) is 34.4. The third kappa shape index (κ3) is 11.5. The van der Waals surface area contributed by atoms with Crippen molar-refractivity contribution in [2.75, 3.05) is 18.1 Å². The number of hydrogen-bond acceptors (Lipinski definition) is 9. The maximum Gasteiger partial charge on any atom is 0.321 e. The lowest BCUT2D eigenvalue weighted by Gasteiger charge is -2.23. The van der Waals surface area contributed by atoms with E-state index in [0.29, 0.717) is 11.1 Å². The van der Waals surface area contributed by atoms with Gasteiger partial charge in [-0.25, -0.2) is 4.79 Å². The summed E-state index contributed by atoms with van der Waals surface area (Å²) in [6.07, 6.45) is -0.0342. The van der Waals surface area contributed by atoms with Crippen LogP contribution < -0.4 is 37.6 Å². The number of aromatic hydroxyl groups is 1. The molecule has 45 heavy (non-hydrogen) atoms. The molecular formula is C29H35N7O8S. The van der Waals surface area contributed by atoms with Crippen molar-refractivity contribution in [2.24, 2.45) is 5.73 Å². The average molecular weight is 642 g/mol. The van der Waals surface area contributed by atoms with E-state index < -0.39 is 72.2 Å². The van der Waals surface area contributed by atoms with Crippen molar-refractivity contribution in [1.82, 2.24) is 31.9 Å². The lowest BCUT2D eigenvalue weighted by molar-refractivity contribution is -0.131. The zero-order valence-corrected chi connectivity index (χ0v) is 25.1. The molecule has 0 spiro atoms. The van der Waals surface area contributed by atoms with Crippen LogP contribution in [0.5, 0.6) is 5.75 Å². The number of amides is 8. The predicted molar refractivity (Wildman–Crippen MR) is 163 cm³/mol. The van der Waals surface area contributed by atoms with E-state index in [1.54, 1.807) is 30.3 Å². The molecule has 0 unspecified atom stereocenters. The highest BCUT2D eigenvalue weighted by Crippen LogP contribution is 2.12. The third-order valence-corrected chi connectivity index (χ3v) is 7.57. The van der Waals surface area contributed by atoms with Crippen LogP contribution in [0.1, 0.15) is 18.1 Å². The topological polar surface area (TPSA) is 238 Å².